The van der Waals surface area contributed by atoms with Gasteiger partial charge >= 0.3 is 0 Å². The first-order valence-electron chi connectivity index (χ1n) is 9.24. The van der Waals surface area contributed by atoms with E-state index in [9.17, 15) is 9.59 Å². The number of carbonyl (C=O) groups is 2. The summed E-state index contributed by atoms with van der Waals surface area (Å²) < 4.78 is 1.68. The Morgan fingerprint density at radius 2 is 1.93 bits per heavy atom. The van der Waals surface area contributed by atoms with Gasteiger partial charge in [0.1, 0.15) is 0 Å². The molecule has 28 heavy (non-hydrogen) atoms. The van der Waals surface area contributed by atoms with Crippen molar-refractivity contribution in [2.24, 2.45) is 7.05 Å². The van der Waals surface area contributed by atoms with E-state index in [1.54, 1.807) is 28.9 Å². The summed E-state index contributed by atoms with van der Waals surface area (Å²) in [5, 5.41) is 4.24. The number of pyridine rings is 1. The van der Waals surface area contributed by atoms with Crippen molar-refractivity contribution in [2.75, 3.05) is 11.9 Å². The molecule has 0 spiro atoms. The van der Waals surface area contributed by atoms with Crippen molar-refractivity contribution in [3.8, 4) is 11.3 Å². The first kappa shape index (κ1) is 19.5. The van der Waals surface area contributed by atoms with Crippen LogP contribution in [0.3, 0.4) is 0 Å². The maximum Gasteiger partial charge on any atom is 0.226 e. The Morgan fingerprint density at radius 3 is 2.50 bits per heavy atom. The molecule has 144 valence electrons. The van der Waals surface area contributed by atoms with E-state index in [1.807, 2.05) is 57.4 Å². The van der Waals surface area contributed by atoms with Crippen LogP contribution in [0.5, 0.6) is 0 Å². The molecule has 0 saturated heterocycles. The molecule has 0 N–H and O–H groups in total. The van der Waals surface area contributed by atoms with E-state index in [0.29, 0.717) is 12.0 Å². The number of aromatic nitrogens is 3. The van der Waals surface area contributed by atoms with Crippen LogP contribution in [0.4, 0.5) is 5.69 Å². The summed E-state index contributed by atoms with van der Waals surface area (Å²) in [6.07, 6.45) is 4.15. The largest absolute Gasteiger partial charge is 0.315 e. The van der Waals surface area contributed by atoms with Gasteiger partial charge in [-0.3, -0.25) is 19.3 Å². The lowest BCUT2D eigenvalue weighted by Gasteiger charge is -2.19. The number of amides is 1. The van der Waals surface area contributed by atoms with Gasteiger partial charge in [-0.05, 0) is 42.8 Å². The van der Waals surface area contributed by atoms with Crippen molar-refractivity contribution in [1.29, 1.82) is 0 Å². The molecule has 6 nitrogen and oxygen atoms in total. The minimum Gasteiger partial charge on any atom is -0.315 e. The minimum atomic E-state index is -0.0102. The van der Waals surface area contributed by atoms with Gasteiger partial charge in [0.2, 0.25) is 5.91 Å². The van der Waals surface area contributed by atoms with Crippen molar-refractivity contribution in [3.05, 3.63) is 65.6 Å². The van der Waals surface area contributed by atoms with Gasteiger partial charge in [-0.25, -0.2) is 0 Å². The Hall–Kier alpha value is -3.28. The topological polar surface area (TPSA) is 68.1 Å². The maximum absolute atomic E-state index is 12.4. The average Bonchev–Trinajstić information content (AvgIpc) is 3.11. The summed E-state index contributed by atoms with van der Waals surface area (Å²) in [6.45, 7) is 3.83. The first-order chi connectivity index (χ1) is 13.4. The number of carbonyl (C=O) groups excluding carboxylic acids is 2. The summed E-state index contributed by atoms with van der Waals surface area (Å²) in [6, 6.07) is 11.4. The second-order valence-corrected chi connectivity index (χ2v) is 6.82. The molecule has 1 amide bonds. The molecule has 1 aromatic carbocycles. The fourth-order valence-electron chi connectivity index (χ4n) is 3.12. The quantitative estimate of drug-likeness (QED) is 0.617. The zero-order chi connectivity index (χ0) is 20.3. The van der Waals surface area contributed by atoms with Crippen LogP contribution >= 0.6 is 0 Å². The SMILES string of the molecule is CCC(=O)N(C)c1ccc(-c2ccc(C(=O)Cc3ccn(C)n3)cn2)cc1C. The van der Waals surface area contributed by atoms with E-state index in [0.717, 1.165) is 28.2 Å². The molecule has 0 saturated carbocycles. The molecule has 0 aliphatic rings. The number of hydrogen-bond acceptors (Lipinski definition) is 4. The highest BCUT2D eigenvalue weighted by molar-refractivity contribution is 5.97. The first-order valence-corrected chi connectivity index (χ1v) is 9.24. The standard InChI is InChI=1S/C22H24N4O2/c1-5-22(28)26(4)20-9-7-16(12-15(20)2)19-8-6-17(14-23-19)21(27)13-18-10-11-25(3)24-18/h6-12,14H,5,13H2,1-4H3. The zero-order valence-electron chi connectivity index (χ0n) is 16.6. The van der Waals surface area contributed by atoms with Crippen LogP contribution in [-0.2, 0) is 18.3 Å². The average molecular weight is 376 g/mol. The highest BCUT2D eigenvalue weighted by atomic mass is 16.2. The van der Waals surface area contributed by atoms with Gasteiger partial charge in [-0.15, -0.1) is 0 Å². The van der Waals surface area contributed by atoms with Gasteiger partial charge in [0.15, 0.2) is 5.78 Å². The number of ketones is 1. The molecule has 0 aliphatic carbocycles. The van der Waals surface area contributed by atoms with Gasteiger partial charge in [0, 0.05) is 49.7 Å². The van der Waals surface area contributed by atoms with Crippen molar-refractivity contribution in [2.45, 2.75) is 26.7 Å². The number of Topliss-reactive ketones (excluding diaryl/α,β-unsaturated/α-hetero) is 1. The van der Waals surface area contributed by atoms with Crippen molar-refractivity contribution in [3.63, 3.8) is 0 Å². The van der Waals surface area contributed by atoms with Crippen LogP contribution in [-0.4, -0.2) is 33.5 Å². The van der Waals surface area contributed by atoms with Gasteiger partial charge in [0.05, 0.1) is 17.8 Å². The number of rotatable bonds is 6. The smallest absolute Gasteiger partial charge is 0.226 e. The molecule has 0 atom stereocenters. The highest BCUT2D eigenvalue weighted by Crippen LogP contribution is 2.26. The van der Waals surface area contributed by atoms with E-state index in [1.165, 1.54) is 0 Å². The van der Waals surface area contributed by atoms with E-state index in [2.05, 4.69) is 10.1 Å². The molecular weight excluding hydrogens is 352 g/mol. The van der Waals surface area contributed by atoms with Gasteiger partial charge in [0.25, 0.3) is 0 Å². The third-order valence-corrected chi connectivity index (χ3v) is 4.73. The normalized spacial score (nSPS) is 10.7. The number of aryl methyl sites for hydroxylation is 2. The molecule has 2 aromatic heterocycles. The molecule has 6 heteroatoms. The predicted octanol–water partition coefficient (Wildman–Crippen LogP) is 3.59. The lowest BCUT2D eigenvalue weighted by atomic mass is 10.0. The van der Waals surface area contributed by atoms with Crippen LogP contribution in [0.2, 0.25) is 0 Å². The van der Waals surface area contributed by atoms with Crippen LogP contribution in [0.25, 0.3) is 11.3 Å². The summed E-state index contributed by atoms with van der Waals surface area (Å²) in [5.74, 6) is 0.0636. The number of anilines is 1. The molecule has 3 rings (SSSR count). The number of benzene rings is 1. The molecule has 0 radical (unpaired) electrons. The predicted molar refractivity (Wildman–Crippen MR) is 109 cm³/mol. The van der Waals surface area contributed by atoms with Crippen LogP contribution in [0.1, 0.15) is 35.0 Å². The Bertz CT molecular complexity index is 1010. The van der Waals surface area contributed by atoms with Gasteiger partial charge in [-0.1, -0.05) is 13.0 Å². The molecular formula is C22H24N4O2. The van der Waals surface area contributed by atoms with Gasteiger partial charge in [-0.2, -0.15) is 5.10 Å². The Morgan fingerprint density at radius 1 is 1.14 bits per heavy atom. The van der Waals surface area contributed by atoms with Gasteiger partial charge < -0.3 is 4.90 Å². The Labute approximate surface area is 164 Å². The number of hydrogen-bond donors (Lipinski definition) is 0. The van der Waals surface area contributed by atoms with E-state index in [4.69, 9.17) is 0 Å². The lowest BCUT2D eigenvalue weighted by Crippen LogP contribution is -2.25. The summed E-state index contributed by atoms with van der Waals surface area (Å²) in [5.41, 5.74) is 4.93. The molecule has 0 unspecified atom stereocenters. The second-order valence-electron chi connectivity index (χ2n) is 6.82. The summed E-state index contributed by atoms with van der Waals surface area (Å²) in [4.78, 5) is 30.5. The van der Waals surface area contributed by atoms with Crippen LogP contribution < -0.4 is 4.90 Å². The fraction of sp³-hybridized carbons (Fsp3) is 0.273. The zero-order valence-corrected chi connectivity index (χ0v) is 16.6. The Balaban J connectivity index is 1.77. The molecule has 0 fully saturated rings. The van der Waals surface area contributed by atoms with E-state index >= 15 is 0 Å². The molecule has 0 bridgehead atoms. The third kappa shape index (κ3) is 4.17. The monoisotopic (exact) mass is 376 g/mol. The van der Waals surface area contributed by atoms with Crippen LogP contribution in [0.15, 0.2) is 48.8 Å². The minimum absolute atomic E-state index is 0.0102. The molecule has 0 aliphatic heterocycles. The third-order valence-electron chi connectivity index (χ3n) is 4.73. The lowest BCUT2D eigenvalue weighted by molar-refractivity contribution is -0.118. The van der Waals surface area contributed by atoms with E-state index in [-0.39, 0.29) is 18.1 Å². The second kappa shape index (κ2) is 8.17. The fourth-order valence-corrected chi connectivity index (χ4v) is 3.12. The summed E-state index contributed by atoms with van der Waals surface area (Å²) in [7, 11) is 3.61. The maximum atomic E-state index is 12.4. The molecule has 2 heterocycles. The van der Waals surface area contributed by atoms with Crippen molar-refractivity contribution in [1.82, 2.24) is 14.8 Å². The van der Waals surface area contributed by atoms with E-state index < -0.39 is 0 Å². The highest BCUT2D eigenvalue weighted by Gasteiger charge is 2.13. The number of nitrogens with zero attached hydrogens (tertiary/aromatic N) is 4. The van der Waals surface area contributed by atoms with Crippen molar-refractivity contribution >= 4 is 17.4 Å². The van der Waals surface area contributed by atoms with Crippen LogP contribution in [0, 0.1) is 6.92 Å². The van der Waals surface area contributed by atoms with Crippen molar-refractivity contribution < 1.29 is 9.59 Å². The Kier molecular flexibility index (Phi) is 5.68. The molecule has 3 aromatic rings. The summed E-state index contributed by atoms with van der Waals surface area (Å²) >= 11 is 0.